The van der Waals surface area contributed by atoms with Crippen molar-refractivity contribution in [2.24, 2.45) is 9.39 Å². The molecule has 6 heteroatoms. The van der Waals surface area contributed by atoms with Crippen LogP contribution in [-0.2, 0) is 10.0 Å². The molecule has 0 fully saturated rings. The molecular formula is C3H5ClN2O2S. The van der Waals surface area contributed by atoms with Gasteiger partial charge in [-0.15, -0.1) is 4.40 Å². The molecule has 0 saturated carbocycles. The number of aliphatic imine (C=N–C) groups is 1. The molecule has 0 spiro atoms. The Hall–Kier alpha value is -0.420. The van der Waals surface area contributed by atoms with Crippen LogP contribution in [0, 0.1) is 0 Å². The molecule has 0 aromatic heterocycles. The minimum Gasteiger partial charge on any atom is -0.234 e. The summed E-state index contributed by atoms with van der Waals surface area (Å²) in [7, 11) is -3.41. The highest BCUT2D eigenvalue weighted by molar-refractivity contribution is 7.89. The van der Waals surface area contributed by atoms with Gasteiger partial charge in [-0.25, -0.2) is 13.4 Å². The second-order valence-corrected chi connectivity index (χ2v) is 3.24. The van der Waals surface area contributed by atoms with E-state index in [0.717, 1.165) is 6.26 Å². The average Bonchev–Trinajstić information content (AvgIpc) is 1.62. The molecule has 0 bridgehead atoms. The van der Waals surface area contributed by atoms with Gasteiger partial charge in [-0.3, -0.25) is 0 Å². The summed E-state index contributed by atoms with van der Waals surface area (Å²) in [6, 6.07) is 0. The van der Waals surface area contributed by atoms with Crippen molar-refractivity contribution in [2.75, 3.05) is 6.26 Å². The Morgan fingerprint density at radius 2 is 2.11 bits per heavy atom. The van der Waals surface area contributed by atoms with Crippen molar-refractivity contribution in [3.8, 4) is 0 Å². The third-order valence-corrected chi connectivity index (χ3v) is 1.18. The van der Waals surface area contributed by atoms with Crippen molar-refractivity contribution < 1.29 is 8.42 Å². The van der Waals surface area contributed by atoms with Crippen molar-refractivity contribution in [2.45, 2.75) is 0 Å². The first-order valence-corrected chi connectivity index (χ1v) is 4.10. The van der Waals surface area contributed by atoms with Gasteiger partial charge in [-0.05, 0) is 18.3 Å². The zero-order chi connectivity index (χ0) is 7.49. The van der Waals surface area contributed by atoms with Crippen LogP contribution in [0.4, 0.5) is 0 Å². The molecule has 52 valence electrons. The Balaban J connectivity index is 4.51. The third kappa shape index (κ3) is 5.45. The summed E-state index contributed by atoms with van der Waals surface area (Å²) >= 11 is 5.09. The normalized spacial score (nSPS) is 13.3. The number of hydrogen-bond acceptors (Lipinski definition) is 2. The zero-order valence-corrected chi connectivity index (χ0v) is 6.28. The van der Waals surface area contributed by atoms with Gasteiger partial charge in [0.15, 0.2) is 0 Å². The topological polar surface area (TPSA) is 58.9 Å². The van der Waals surface area contributed by atoms with Crippen LogP contribution in [-0.4, -0.2) is 26.7 Å². The van der Waals surface area contributed by atoms with Gasteiger partial charge in [0.25, 0.3) is 10.0 Å². The molecule has 4 nitrogen and oxygen atoms in total. The summed E-state index contributed by atoms with van der Waals surface area (Å²) in [5.41, 5.74) is 0. The van der Waals surface area contributed by atoms with E-state index < -0.39 is 10.0 Å². The van der Waals surface area contributed by atoms with Crippen molar-refractivity contribution in [1.82, 2.24) is 0 Å². The maximum atomic E-state index is 10.2. The second kappa shape index (κ2) is 2.93. The van der Waals surface area contributed by atoms with Crippen LogP contribution in [0.5, 0.6) is 0 Å². The average molecular weight is 169 g/mol. The van der Waals surface area contributed by atoms with Crippen molar-refractivity contribution in [1.29, 1.82) is 0 Å². The van der Waals surface area contributed by atoms with Crippen LogP contribution < -0.4 is 0 Å². The fraction of sp³-hybridized carbons (Fsp3) is 0.333. The standard InChI is InChI=1S/C3H5ClN2O2S/c1-5-3(4)6-9(2,7)8/h1H2,2H3/b6-3-. The molecule has 0 aromatic carbocycles. The number of rotatable bonds is 1. The molecule has 0 aliphatic carbocycles. The smallest absolute Gasteiger partial charge is 0.234 e. The number of halogens is 1. The first kappa shape index (κ1) is 8.58. The van der Waals surface area contributed by atoms with Crippen LogP contribution >= 0.6 is 11.6 Å². The summed E-state index contributed by atoms with van der Waals surface area (Å²) in [6.45, 7) is 2.97. The largest absolute Gasteiger partial charge is 0.253 e. The molecule has 9 heavy (non-hydrogen) atoms. The maximum Gasteiger partial charge on any atom is 0.253 e. The summed E-state index contributed by atoms with van der Waals surface area (Å²) in [6.07, 6.45) is 0.917. The van der Waals surface area contributed by atoms with Gasteiger partial charge in [-0.2, -0.15) is 0 Å². The molecule has 0 amide bonds. The molecular weight excluding hydrogens is 164 g/mol. The summed E-state index contributed by atoms with van der Waals surface area (Å²) in [5.74, 6) is 0. The van der Waals surface area contributed by atoms with E-state index in [9.17, 15) is 8.42 Å². The summed E-state index contributed by atoms with van der Waals surface area (Å²) < 4.78 is 23.4. The van der Waals surface area contributed by atoms with Crippen LogP contribution in [0.25, 0.3) is 0 Å². The molecule has 0 radical (unpaired) electrons. The van der Waals surface area contributed by atoms with E-state index in [-0.39, 0.29) is 5.29 Å². The third-order valence-electron chi connectivity index (χ3n) is 0.372. The predicted octanol–water partition coefficient (Wildman–Crippen LogP) is 0.241. The Morgan fingerprint density at radius 3 is 2.22 bits per heavy atom. The molecule has 0 aliphatic heterocycles. The lowest BCUT2D eigenvalue weighted by atomic mass is 11.3. The van der Waals surface area contributed by atoms with Crippen molar-refractivity contribution in [3.05, 3.63) is 0 Å². The quantitative estimate of drug-likeness (QED) is 0.320. The minimum absolute atomic E-state index is 0.363. The van der Waals surface area contributed by atoms with Gasteiger partial charge in [0.05, 0.1) is 6.26 Å². The van der Waals surface area contributed by atoms with E-state index in [2.05, 4.69) is 16.1 Å². The molecule has 0 atom stereocenters. The molecule has 0 aromatic rings. The van der Waals surface area contributed by atoms with Gasteiger partial charge < -0.3 is 0 Å². The first-order valence-electron chi connectivity index (χ1n) is 1.88. The van der Waals surface area contributed by atoms with E-state index in [1.165, 1.54) is 0 Å². The lowest BCUT2D eigenvalue weighted by Crippen LogP contribution is -1.92. The van der Waals surface area contributed by atoms with Crippen molar-refractivity contribution in [3.63, 3.8) is 0 Å². The fourth-order valence-corrected chi connectivity index (χ4v) is 0.873. The van der Waals surface area contributed by atoms with Gasteiger partial charge >= 0.3 is 0 Å². The highest BCUT2D eigenvalue weighted by Gasteiger charge is 1.96. The van der Waals surface area contributed by atoms with Gasteiger partial charge in [0.1, 0.15) is 0 Å². The van der Waals surface area contributed by atoms with Gasteiger partial charge in [-0.1, -0.05) is 0 Å². The Kier molecular flexibility index (Phi) is 2.80. The van der Waals surface area contributed by atoms with Crippen LogP contribution in [0.3, 0.4) is 0 Å². The van der Waals surface area contributed by atoms with Crippen LogP contribution in [0.1, 0.15) is 0 Å². The lowest BCUT2D eigenvalue weighted by Gasteiger charge is -1.84. The number of amidine groups is 1. The Bertz CT molecular complexity index is 230. The minimum atomic E-state index is -3.41. The molecule has 0 rings (SSSR count). The van der Waals surface area contributed by atoms with E-state index in [1.54, 1.807) is 0 Å². The maximum absolute atomic E-state index is 10.2. The zero-order valence-electron chi connectivity index (χ0n) is 4.70. The molecule has 0 heterocycles. The Morgan fingerprint density at radius 1 is 1.67 bits per heavy atom. The van der Waals surface area contributed by atoms with Gasteiger partial charge in [0, 0.05) is 0 Å². The van der Waals surface area contributed by atoms with Crippen molar-refractivity contribution >= 4 is 33.6 Å². The fourth-order valence-electron chi connectivity index (χ4n) is 0.166. The first-order chi connectivity index (χ1) is 3.95. The van der Waals surface area contributed by atoms with E-state index in [1.807, 2.05) is 0 Å². The second-order valence-electron chi connectivity index (χ2n) is 1.25. The SMILES string of the molecule is C=N/C(Cl)=N\S(C)(=O)=O. The van der Waals surface area contributed by atoms with Crippen LogP contribution in [0.2, 0.25) is 0 Å². The molecule has 0 N–H and O–H groups in total. The highest BCUT2D eigenvalue weighted by atomic mass is 35.5. The summed E-state index contributed by atoms with van der Waals surface area (Å²) in [5, 5.41) is -0.363. The summed E-state index contributed by atoms with van der Waals surface area (Å²) in [4.78, 5) is 3.06. The molecule has 0 aliphatic rings. The van der Waals surface area contributed by atoms with E-state index in [4.69, 9.17) is 11.6 Å². The monoisotopic (exact) mass is 168 g/mol. The predicted molar refractivity (Wildman–Crippen MR) is 37.7 cm³/mol. The number of hydrogen-bond donors (Lipinski definition) is 0. The lowest BCUT2D eigenvalue weighted by molar-refractivity contribution is 0.604. The van der Waals surface area contributed by atoms with Gasteiger partial charge in [0.2, 0.25) is 5.29 Å². The highest BCUT2D eigenvalue weighted by Crippen LogP contribution is 1.91. The number of nitrogens with zero attached hydrogens (tertiary/aromatic N) is 2. The van der Waals surface area contributed by atoms with Crippen LogP contribution in [0.15, 0.2) is 9.39 Å². The number of sulfonamides is 1. The van der Waals surface area contributed by atoms with E-state index >= 15 is 0 Å². The Labute approximate surface area is 58.3 Å². The molecule has 0 unspecified atom stereocenters. The van der Waals surface area contributed by atoms with E-state index in [0.29, 0.717) is 0 Å². The molecule has 0 saturated heterocycles.